The van der Waals surface area contributed by atoms with Gasteiger partial charge in [-0.1, -0.05) is 42.1 Å². The molecule has 1 amide bonds. The Bertz CT molecular complexity index is 882. The molecule has 0 radical (unpaired) electrons. The largest absolute Gasteiger partial charge is 0.497 e. The lowest BCUT2D eigenvalue weighted by molar-refractivity contribution is -0.122. The molecule has 0 saturated heterocycles. The van der Waals surface area contributed by atoms with Gasteiger partial charge < -0.3 is 14.8 Å². The van der Waals surface area contributed by atoms with Crippen LogP contribution in [0.25, 0.3) is 0 Å². The molecule has 3 aromatic carbocycles. The highest BCUT2D eigenvalue weighted by Gasteiger charge is 2.16. The van der Waals surface area contributed by atoms with Gasteiger partial charge >= 0.3 is 0 Å². The van der Waals surface area contributed by atoms with E-state index in [1.165, 1.54) is 0 Å². The average molecular weight is 379 g/mol. The smallest absolute Gasteiger partial charge is 0.265 e. The summed E-state index contributed by atoms with van der Waals surface area (Å²) in [5.74, 6) is 1.16. The van der Waals surface area contributed by atoms with Gasteiger partial charge in [0, 0.05) is 9.79 Å². The van der Waals surface area contributed by atoms with Gasteiger partial charge in [0.25, 0.3) is 5.91 Å². The van der Waals surface area contributed by atoms with E-state index in [1.807, 2.05) is 54.6 Å². The van der Waals surface area contributed by atoms with Crippen LogP contribution in [0.4, 0.5) is 5.69 Å². The Morgan fingerprint density at radius 2 is 1.52 bits per heavy atom. The maximum absolute atomic E-state index is 12.6. The first-order chi connectivity index (χ1) is 13.2. The van der Waals surface area contributed by atoms with Crippen LogP contribution < -0.4 is 14.8 Å². The molecule has 3 rings (SSSR count). The van der Waals surface area contributed by atoms with E-state index < -0.39 is 6.10 Å². The second kappa shape index (κ2) is 9.14. The average Bonchev–Trinajstić information content (AvgIpc) is 2.71. The lowest BCUT2D eigenvalue weighted by atomic mass is 10.3. The Morgan fingerprint density at radius 1 is 0.889 bits per heavy atom. The molecule has 4 nitrogen and oxygen atoms in total. The minimum atomic E-state index is -0.631. The fraction of sp³-hybridized carbons (Fsp3) is 0.136. The first kappa shape index (κ1) is 18.9. The summed E-state index contributed by atoms with van der Waals surface area (Å²) >= 11 is 1.61. The Labute approximate surface area is 163 Å². The molecule has 138 valence electrons. The van der Waals surface area contributed by atoms with Crippen LogP contribution in [-0.2, 0) is 4.79 Å². The van der Waals surface area contributed by atoms with Gasteiger partial charge in [-0.2, -0.15) is 0 Å². The van der Waals surface area contributed by atoms with Crippen LogP contribution in [-0.4, -0.2) is 19.1 Å². The van der Waals surface area contributed by atoms with Crippen molar-refractivity contribution in [2.45, 2.75) is 22.8 Å². The van der Waals surface area contributed by atoms with E-state index in [4.69, 9.17) is 9.47 Å². The lowest BCUT2D eigenvalue weighted by Crippen LogP contribution is -2.30. The number of anilines is 1. The predicted molar refractivity (Wildman–Crippen MR) is 109 cm³/mol. The molecule has 1 atom stereocenters. The molecule has 0 heterocycles. The van der Waals surface area contributed by atoms with Gasteiger partial charge in [0.2, 0.25) is 0 Å². The fourth-order valence-electron chi connectivity index (χ4n) is 2.42. The summed E-state index contributed by atoms with van der Waals surface area (Å²) in [6, 6.07) is 24.9. The Hall–Kier alpha value is -2.92. The number of carbonyl (C=O) groups excluding carboxylic acids is 1. The molecular weight excluding hydrogens is 358 g/mol. The molecule has 0 aliphatic carbocycles. The number of methoxy groups -OCH3 is 1. The van der Waals surface area contributed by atoms with Crippen molar-refractivity contribution in [3.8, 4) is 11.5 Å². The third kappa shape index (κ3) is 5.28. The summed E-state index contributed by atoms with van der Waals surface area (Å²) in [5, 5.41) is 2.96. The number of hydrogen-bond acceptors (Lipinski definition) is 4. The summed E-state index contributed by atoms with van der Waals surface area (Å²) in [6.07, 6.45) is -0.631. The number of benzene rings is 3. The van der Waals surface area contributed by atoms with Crippen LogP contribution in [0.2, 0.25) is 0 Å². The van der Waals surface area contributed by atoms with Gasteiger partial charge in [-0.25, -0.2) is 0 Å². The third-order valence-corrected chi connectivity index (χ3v) is 4.94. The van der Waals surface area contributed by atoms with Gasteiger partial charge in [-0.15, -0.1) is 0 Å². The number of hydrogen-bond donors (Lipinski definition) is 1. The molecule has 3 aromatic rings. The Morgan fingerprint density at radius 3 is 2.22 bits per heavy atom. The molecule has 0 aliphatic rings. The van der Waals surface area contributed by atoms with Crippen molar-refractivity contribution in [2.24, 2.45) is 0 Å². The molecule has 0 fully saturated rings. The standard InChI is InChI=1S/C22H21NO3S/c1-16(26-18-14-12-17(25-2)13-15-18)22(24)23-20-10-6-7-11-21(20)27-19-8-4-3-5-9-19/h3-16H,1-2H3,(H,23,24)/t16-/m0/s1. The third-order valence-electron chi connectivity index (χ3n) is 3.86. The van der Waals surface area contributed by atoms with Crippen molar-refractivity contribution in [3.05, 3.63) is 78.9 Å². The molecule has 5 heteroatoms. The maximum Gasteiger partial charge on any atom is 0.265 e. The highest BCUT2D eigenvalue weighted by atomic mass is 32.2. The number of ether oxygens (including phenoxy) is 2. The van der Waals surface area contributed by atoms with Crippen LogP contribution in [0.5, 0.6) is 11.5 Å². The highest BCUT2D eigenvalue weighted by molar-refractivity contribution is 7.99. The van der Waals surface area contributed by atoms with E-state index in [-0.39, 0.29) is 5.91 Å². The summed E-state index contributed by atoms with van der Waals surface area (Å²) in [6.45, 7) is 1.73. The van der Waals surface area contributed by atoms with Crippen LogP contribution >= 0.6 is 11.8 Å². The van der Waals surface area contributed by atoms with Crippen molar-refractivity contribution < 1.29 is 14.3 Å². The SMILES string of the molecule is COc1ccc(O[C@@H](C)C(=O)Nc2ccccc2Sc2ccccc2)cc1. The molecule has 0 unspecified atom stereocenters. The number of nitrogens with one attached hydrogen (secondary N) is 1. The number of carbonyl (C=O) groups is 1. The summed E-state index contributed by atoms with van der Waals surface area (Å²) < 4.78 is 10.9. The first-order valence-corrected chi connectivity index (χ1v) is 9.41. The highest BCUT2D eigenvalue weighted by Crippen LogP contribution is 2.33. The summed E-state index contributed by atoms with van der Waals surface area (Å²) in [7, 11) is 1.61. The number of rotatable bonds is 7. The van der Waals surface area contributed by atoms with Crippen molar-refractivity contribution in [1.82, 2.24) is 0 Å². The van der Waals surface area contributed by atoms with Crippen LogP contribution in [0.15, 0.2) is 88.7 Å². The molecule has 0 aliphatic heterocycles. The molecule has 0 bridgehead atoms. The molecule has 0 saturated carbocycles. The van der Waals surface area contributed by atoms with E-state index in [0.717, 1.165) is 21.2 Å². The number of para-hydroxylation sites is 1. The zero-order valence-electron chi connectivity index (χ0n) is 15.2. The number of amides is 1. The second-order valence-corrected chi connectivity index (χ2v) is 6.95. The van der Waals surface area contributed by atoms with E-state index in [9.17, 15) is 4.79 Å². The van der Waals surface area contributed by atoms with E-state index in [0.29, 0.717) is 5.75 Å². The van der Waals surface area contributed by atoms with Crippen molar-refractivity contribution in [2.75, 3.05) is 12.4 Å². The van der Waals surface area contributed by atoms with Crippen molar-refractivity contribution in [3.63, 3.8) is 0 Å². The minimum absolute atomic E-state index is 0.202. The first-order valence-electron chi connectivity index (χ1n) is 8.59. The van der Waals surface area contributed by atoms with E-state index >= 15 is 0 Å². The zero-order valence-corrected chi connectivity index (χ0v) is 16.0. The summed E-state index contributed by atoms with van der Waals surface area (Å²) in [5.41, 5.74) is 0.765. The molecule has 27 heavy (non-hydrogen) atoms. The predicted octanol–water partition coefficient (Wildman–Crippen LogP) is 5.25. The van der Waals surface area contributed by atoms with Gasteiger partial charge in [0.1, 0.15) is 11.5 Å². The quantitative estimate of drug-likeness (QED) is 0.609. The Kier molecular flexibility index (Phi) is 6.39. The lowest BCUT2D eigenvalue weighted by Gasteiger charge is -2.16. The van der Waals surface area contributed by atoms with Gasteiger partial charge in [0.15, 0.2) is 6.10 Å². The molecular formula is C22H21NO3S. The monoisotopic (exact) mass is 379 g/mol. The normalized spacial score (nSPS) is 11.5. The minimum Gasteiger partial charge on any atom is -0.497 e. The zero-order chi connectivity index (χ0) is 19.1. The molecule has 1 N–H and O–H groups in total. The van der Waals surface area contributed by atoms with Crippen molar-refractivity contribution in [1.29, 1.82) is 0 Å². The van der Waals surface area contributed by atoms with Gasteiger partial charge in [-0.3, -0.25) is 4.79 Å². The van der Waals surface area contributed by atoms with E-state index in [2.05, 4.69) is 5.32 Å². The summed E-state index contributed by atoms with van der Waals surface area (Å²) in [4.78, 5) is 14.7. The van der Waals surface area contributed by atoms with Crippen molar-refractivity contribution >= 4 is 23.4 Å². The molecule has 0 spiro atoms. The Balaban J connectivity index is 1.66. The molecule has 0 aromatic heterocycles. The van der Waals surface area contributed by atoms with Gasteiger partial charge in [0.05, 0.1) is 12.8 Å². The van der Waals surface area contributed by atoms with E-state index in [1.54, 1.807) is 50.1 Å². The van der Waals surface area contributed by atoms with Crippen LogP contribution in [0.1, 0.15) is 6.92 Å². The second-order valence-electron chi connectivity index (χ2n) is 5.84. The van der Waals surface area contributed by atoms with Crippen LogP contribution in [0.3, 0.4) is 0 Å². The topological polar surface area (TPSA) is 47.6 Å². The maximum atomic E-state index is 12.6. The fourth-order valence-corrected chi connectivity index (χ4v) is 3.34. The van der Waals surface area contributed by atoms with Gasteiger partial charge in [-0.05, 0) is 55.5 Å². The van der Waals surface area contributed by atoms with Crippen LogP contribution in [0, 0.1) is 0 Å².